The largest absolute Gasteiger partial charge is 0.493 e. The summed E-state index contributed by atoms with van der Waals surface area (Å²) in [6.45, 7) is 0.834. The summed E-state index contributed by atoms with van der Waals surface area (Å²) in [5, 5.41) is 0. The first-order valence-corrected chi connectivity index (χ1v) is 11.1. The van der Waals surface area contributed by atoms with Crippen molar-refractivity contribution in [3.8, 4) is 28.6 Å². The molecule has 9 nitrogen and oxygen atoms in total. The minimum Gasteiger partial charge on any atom is -0.493 e. The summed E-state index contributed by atoms with van der Waals surface area (Å²) in [7, 11) is 2.85. The molecule has 1 N–H and O–H groups in total. The SMILES string of the molecule is COc1ccc(-n2cc(-c3nsc(=O)[nH]3)c(=O)n(Cc3cccc(C(F)(F)F)c3C)c2=O)cc1OC. The Hall–Kier alpha value is -4.13. The van der Waals surface area contributed by atoms with Crippen molar-refractivity contribution < 1.29 is 22.6 Å². The first-order valence-electron chi connectivity index (χ1n) is 10.4. The maximum absolute atomic E-state index is 13.5. The predicted octanol–water partition coefficient (Wildman–Crippen LogP) is 3.20. The van der Waals surface area contributed by atoms with Gasteiger partial charge < -0.3 is 9.47 Å². The highest BCUT2D eigenvalue weighted by Gasteiger charge is 2.33. The first kappa shape index (κ1) is 25.0. The summed E-state index contributed by atoms with van der Waals surface area (Å²) in [6.07, 6.45) is -3.39. The fraction of sp³-hybridized carbons (Fsp3) is 0.217. The van der Waals surface area contributed by atoms with Gasteiger partial charge in [0.1, 0.15) is 5.56 Å². The molecular formula is C23H19F3N4O5S. The number of hydrogen-bond donors (Lipinski definition) is 1. The Morgan fingerprint density at radius 1 is 1.06 bits per heavy atom. The Kier molecular flexibility index (Phi) is 6.59. The van der Waals surface area contributed by atoms with Crippen molar-refractivity contribution in [1.29, 1.82) is 0 Å². The minimum atomic E-state index is -4.60. The molecule has 2 aromatic heterocycles. The summed E-state index contributed by atoms with van der Waals surface area (Å²) in [6, 6.07) is 8.15. The van der Waals surface area contributed by atoms with E-state index in [4.69, 9.17) is 9.47 Å². The van der Waals surface area contributed by atoms with E-state index in [1.165, 1.54) is 45.5 Å². The molecule has 0 saturated heterocycles. The molecule has 0 fully saturated rings. The van der Waals surface area contributed by atoms with Crippen molar-refractivity contribution in [3.63, 3.8) is 0 Å². The number of hydrogen-bond acceptors (Lipinski definition) is 7. The van der Waals surface area contributed by atoms with E-state index >= 15 is 0 Å². The number of methoxy groups -OCH3 is 2. The second kappa shape index (κ2) is 9.49. The van der Waals surface area contributed by atoms with E-state index in [1.54, 1.807) is 12.1 Å². The van der Waals surface area contributed by atoms with Gasteiger partial charge in [-0.25, -0.2) is 4.79 Å². The summed E-state index contributed by atoms with van der Waals surface area (Å²) in [5.41, 5.74) is -2.32. The summed E-state index contributed by atoms with van der Waals surface area (Å²) >= 11 is 0.584. The van der Waals surface area contributed by atoms with E-state index in [9.17, 15) is 27.6 Å². The minimum absolute atomic E-state index is 0.0706. The standard InChI is InChI=1S/C23H19F3N4O5S/c1-12-13(5-4-6-16(12)23(24,25)26)10-30-20(31)15(19-27-21(32)36-28-19)11-29(22(30)33)14-7-8-17(34-2)18(9-14)35-3/h4-9,11H,10H2,1-3H3,(H,27,28,32). The number of nitrogens with one attached hydrogen (secondary N) is 1. The fourth-order valence-corrected chi connectivity index (χ4v) is 4.20. The number of alkyl halides is 3. The Balaban J connectivity index is 1.97. The lowest BCUT2D eigenvalue weighted by Crippen LogP contribution is -2.40. The highest BCUT2D eigenvalue weighted by Crippen LogP contribution is 2.33. The van der Waals surface area contributed by atoms with E-state index in [0.717, 1.165) is 15.2 Å². The van der Waals surface area contributed by atoms with Crippen molar-refractivity contribution in [2.24, 2.45) is 0 Å². The highest BCUT2D eigenvalue weighted by molar-refractivity contribution is 7.03. The topological polar surface area (TPSA) is 108 Å². The molecule has 0 bridgehead atoms. The van der Waals surface area contributed by atoms with Gasteiger partial charge >= 0.3 is 16.7 Å². The number of halogens is 3. The lowest BCUT2D eigenvalue weighted by atomic mass is 10.0. The molecule has 0 spiro atoms. The molecule has 0 aliphatic rings. The fourth-order valence-electron chi connectivity index (χ4n) is 3.74. The third-order valence-corrected chi connectivity index (χ3v) is 6.13. The van der Waals surface area contributed by atoms with Crippen LogP contribution in [-0.4, -0.2) is 32.7 Å². The maximum atomic E-state index is 13.5. The number of aromatic nitrogens is 4. The van der Waals surface area contributed by atoms with Gasteiger partial charge in [0, 0.05) is 23.8 Å². The van der Waals surface area contributed by atoms with Crippen LogP contribution in [-0.2, 0) is 12.7 Å². The third-order valence-electron chi connectivity index (χ3n) is 5.59. The zero-order chi connectivity index (χ0) is 26.2. The number of nitrogens with zero attached hydrogens (tertiary/aromatic N) is 3. The van der Waals surface area contributed by atoms with Crippen LogP contribution >= 0.6 is 11.5 Å². The average Bonchev–Trinajstić information content (AvgIpc) is 3.27. The lowest BCUT2D eigenvalue weighted by Gasteiger charge is -2.17. The predicted molar refractivity (Wildman–Crippen MR) is 126 cm³/mol. The van der Waals surface area contributed by atoms with E-state index in [0.29, 0.717) is 23.0 Å². The molecule has 2 heterocycles. The van der Waals surface area contributed by atoms with Crippen LogP contribution in [0.4, 0.5) is 13.2 Å². The molecule has 0 radical (unpaired) electrons. The van der Waals surface area contributed by atoms with Crippen LogP contribution in [0, 0.1) is 6.92 Å². The monoisotopic (exact) mass is 520 g/mol. The lowest BCUT2D eigenvalue weighted by molar-refractivity contribution is -0.138. The van der Waals surface area contributed by atoms with Crippen molar-refractivity contribution >= 4 is 11.5 Å². The van der Waals surface area contributed by atoms with Gasteiger partial charge in [-0.05, 0) is 36.2 Å². The van der Waals surface area contributed by atoms with Gasteiger partial charge in [-0.1, -0.05) is 12.1 Å². The van der Waals surface area contributed by atoms with Crippen molar-refractivity contribution in [3.05, 3.63) is 89.8 Å². The van der Waals surface area contributed by atoms with E-state index in [-0.39, 0.29) is 28.2 Å². The number of benzene rings is 2. The summed E-state index contributed by atoms with van der Waals surface area (Å²) < 4.78 is 56.7. The molecule has 0 amide bonds. The van der Waals surface area contributed by atoms with Gasteiger partial charge in [-0.15, -0.1) is 0 Å². The van der Waals surface area contributed by atoms with Gasteiger partial charge in [0.2, 0.25) is 0 Å². The molecule has 188 valence electrons. The zero-order valence-corrected chi connectivity index (χ0v) is 20.0. The first-order chi connectivity index (χ1) is 17.0. The Bertz CT molecular complexity index is 1620. The van der Waals surface area contributed by atoms with Gasteiger partial charge in [0.05, 0.1) is 32.0 Å². The molecule has 36 heavy (non-hydrogen) atoms. The van der Waals surface area contributed by atoms with Gasteiger partial charge in [-0.3, -0.25) is 23.7 Å². The van der Waals surface area contributed by atoms with Crippen molar-refractivity contribution in [2.75, 3.05) is 14.2 Å². The van der Waals surface area contributed by atoms with E-state index < -0.39 is 34.4 Å². The molecule has 0 unspecified atom stereocenters. The van der Waals surface area contributed by atoms with Crippen molar-refractivity contribution in [2.45, 2.75) is 19.6 Å². The number of aromatic amines is 1. The van der Waals surface area contributed by atoms with Crippen LogP contribution in [0.5, 0.6) is 11.5 Å². The molecule has 0 aliphatic carbocycles. The Morgan fingerprint density at radius 3 is 2.39 bits per heavy atom. The Labute approximate surface area is 205 Å². The quantitative estimate of drug-likeness (QED) is 0.418. The summed E-state index contributed by atoms with van der Waals surface area (Å²) in [4.78, 5) is 40.4. The zero-order valence-electron chi connectivity index (χ0n) is 19.2. The highest BCUT2D eigenvalue weighted by atomic mass is 32.1. The van der Waals surface area contributed by atoms with E-state index in [2.05, 4.69) is 9.36 Å². The smallest absolute Gasteiger partial charge is 0.416 e. The third kappa shape index (κ3) is 4.56. The number of ether oxygens (including phenoxy) is 2. The maximum Gasteiger partial charge on any atom is 0.416 e. The second-order valence-electron chi connectivity index (χ2n) is 7.66. The molecule has 2 aromatic carbocycles. The van der Waals surface area contributed by atoms with Crippen LogP contribution in [0.1, 0.15) is 16.7 Å². The van der Waals surface area contributed by atoms with Crippen LogP contribution in [0.15, 0.2) is 57.0 Å². The normalized spacial score (nSPS) is 11.5. The number of H-pyrrole nitrogens is 1. The van der Waals surface area contributed by atoms with Crippen LogP contribution in [0.25, 0.3) is 17.1 Å². The number of rotatable bonds is 6. The van der Waals surface area contributed by atoms with Crippen LogP contribution in [0.3, 0.4) is 0 Å². The van der Waals surface area contributed by atoms with Crippen LogP contribution < -0.4 is 25.6 Å². The molecular weight excluding hydrogens is 501 g/mol. The molecule has 0 aliphatic heterocycles. The molecule has 4 aromatic rings. The Morgan fingerprint density at radius 2 is 1.78 bits per heavy atom. The molecule has 0 saturated carbocycles. The molecule has 13 heteroatoms. The molecule has 4 rings (SSSR count). The summed E-state index contributed by atoms with van der Waals surface area (Å²) in [5.74, 6) is 0.627. The van der Waals surface area contributed by atoms with Gasteiger partial charge in [0.25, 0.3) is 5.56 Å². The van der Waals surface area contributed by atoms with E-state index in [1.807, 2.05) is 0 Å². The van der Waals surface area contributed by atoms with Gasteiger partial charge in [-0.2, -0.15) is 17.5 Å². The van der Waals surface area contributed by atoms with Crippen LogP contribution in [0.2, 0.25) is 0 Å². The van der Waals surface area contributed by atoms with Crippen molar-refractivity contribution in [1.82, 2.24) is 18.5 Å². The molecule has 0 atom stereocenters. The van der Waals surface area contributed by atoms with Gasteiger partial charge in [0.15, 0.2) is 17.3 Å². The average molecular weight is 520 g/mol. The second-order valence-corrected chi connectivity index (χ2v) is 8.39.